The Morgan fingerprint density at radius 2 is 1.76 bits per heavy atom. The average molecular weight is 384 g/mol. The van der Waals surface area contributed by atoms with Crippen LogP contribution in [0.1, 0.15) is 27.0 Å². The molecule has 0 amide bonds. The predicted molar refractivity (Wildman–Crippen MR) is 115 cm³/mol. The molecule has 0 radical (unpaired) electrons. The van der Waals surface area contributed by atoms with Crippen molar-refractivity contribution < 1.29 is 19.1 Å². The summed E-state index contributed by atoms with van der Waals surface area (Å²) < 4.78 is 11.1. The third-order valence-electron chi connectivity index (χ3n) is 4.89. The zero-order valence-corrected chi connectivity index (χ0v) is 16.2. The molecule has 1 aromatic heterocycles. The minimum absolute atomic E-state index is 0.151. The Morgan fingerprint density at radius 1 is 1.00 bits per heavy atom. The molecule has 1 N–H and O–H groups in total. The normalized spacial score (nSPS) is 11.2. The Balaban J connectivity index is 1.59. The van der Waals surface area contributed by atoms with Crippen LogP contribution in [-0.2, 0) is 0 Å². The Bertz CT molecular complexity index is 1180. The van der Waals surface area contributed by atoms with Crippen LogP contribution in [0.4, 0.5) is 0 Å². The van der Waals surface area contributed by atoms with Gasteiger partial charge in [-0.1, -0.05) is 54.6 Å². The van der Waals surface area contributed by atoms with Crippen LogP contribution in [0.5, 0.6) is 5.75 Å². The Labute approximate surface area is 168 Å². The number of carboxylic acids is 1. The van der Waals surface area contributed by atoms with E-state index in [1.165, 1.54) is 7.11 Å². The van der Waals surface area contributed by atoms with Gasteiger partial charge >= 0.3 is 5.97 Å². The summed E-state index contributed by atoms with van der Waals surface area (Å²) >= 11 is 0. The van der Waals surface area contributed by atoms with Gasteiger partial charge in [0.05, 0.1) is 7.11 Å². The zero-order valence-electron chi connectivity index (χ0n) is 16.2. The van der Waals surface area contributed by atoms with Gasteiger partial charge in [-0.3, -0.25) is 0 Å². The summed E-state index contributed by atoms with van der Waals surface area (Å²) in [5.41, 5.74) is 4.82. The van der Waals surface area contributed by atoms with Crippen molar-refractivity contribution in [2.45, 2.75) is 6.92 Å². The third-order valence-corrected chi connectivity index (χ3v) is 4.89. The maximum absolute atomic E-state index is 11.4. The monoisotopic (exact) mass is 384 g/mol. The number of para-hydroxylation sites is 1. The number of ether oxygens (including phenoxy) is 1. The number of methoxy groups -OCH3 is 1. The summed E-state index contributed by atoms with van der Waals surface area (Å²) in [7, 11) is 1.47. The van der Waals surface area contributed by atoms with Gasteiger partial charge in [-0.2, -0.15) is 0 Å². The van der Waals surface area contributed by atoms with Gasteiger partial charge in [0, 0.05) is 10.9 Å². The first-order chi connectivity index (χ1) is 14.0. The van der Waals surface area contributed by atoms with Gasteiger partial charge < -0.3 is 14.3 Å². The molecule has 0 aliphatic carbocycles. The van der Waals surface area contributed by atoms with Crippen molar-refractivity contribution in [3.05, 3.63) is 89.0 Å². The van der Waals surface area contributed by atoms with Gasteiger partial charge in [-0.25, -0.2) is 4.79 Å². The number of carboxylic acid groups (broad SMARTS) is 1. The Morgan fingerprint density at radius 3 is 2.45 bits per heavy atom. The fourth-order valence-corrected chi connectivity index (χ4v) is 3.28. The van der Waals surface area contributed by atoms with E-state index in [2.05, 4.69) is 0 Å². The summed E-state index contributed by atoms with van der Waals surface area (Å²) in [5, 5.41) is 10.5. The minimum atomic E-state index is -1.01. The van der Waals surface area contributed by atoms with E-state index in [-0.39, 0.29) is 5.56 Å². The molecule has 4 rings (SSSR count). The van der Waals surface area contributed by atoms with Crippen molar-refractivity contribution >= 4 is 29.1 Å². The summed E-state index contributed by atoms with van der Waals surface area (Å²) in [6.45, 7) is 1.93. The fourth-order valence-electron chi connectivity index (χ4n) is 3.28. The van der Waals surface area contributed by atoms with Crippen molar-refractivity contribution in [1.29, 1.82) is 0 Å². The molecule has 4 nitrogen and oxygen atoms in total. The van der Waals surface area contributed by atoms with Crippen molar-refractivity contribution in [2.24, 2.45) is 0 Å². The number of hydrogen-bond acceptors (Lipinski definition) is 3. The number of rotatable bonds is 5. The maximum Gasteiger partial charge on any atom is 0.339 e. The molecule has 0 atom stereocenters. The molecule has 1 heterocycles. The first-order valence-electron chi connectivity index (χ1n) is 9.24. The van der Waals surface area contributed by atoms with E-state index in [0.29, 0.717) is 5.75 Å². The molecule has 0 bridgehead atoms. The molecule has 144 valence electrons. The molecule has 29 heavy (non-hydrogen) atoms. The summed E-state index contributed by atoms with van der Waals surface area (Å²) in [5.74, 6) is 0.188. The molecular weight excluding hydrogens is 364 g/mol. The van der Waals surface area contributed by atoms with Crippen LogP contribution >= 0.6 is 0 Å². The molecule has 0 aliphatic heterocycles. The Hall–Kier alpha value is -3.79. The van der Waals surface area contributed by atoms with Crippen LogP contribution in [0.25, 0.3) is 34.4 Å². The molecule has 4 heteroatoms. The van der Waals surface area contributed by atoms with Crippen molar-refractivity contribution in [1.82, 2.24) is 0 Å². The molecule has 0 spiro atoms. The second-order valence-corrected chi connectivity index (χ2v) is 6.82. The highest BCUT2D eigenvalue weighted by molar-refractivity contribution is 5.92. The highest BCUT2D eigenvalue weighted by Crippen LogP contribution is 2.28. The molecule has 0 saturated heterocycles. The third kappa shape index (κ3) is 3.78. The van der Waals surface area contributed by atoms with Gasteiger partial charge in [-0.15, -0.1) is 0 Å². The molecule has 0 saturated carbocycles. The van der Waals surface area contributed by atoms with Crippen LogP contribution in [0.3, 0.4) is 0 Å². The summed E-state index contributed by atoms with van der Waals surface area (Å²) in [4.78, 5) is 11.4. The number of aryl methyl sites for hydroxylation is 1. The lowest BCUT2D eigenvalue weighted by Crippen LogP contribution is -2.02. The largest absolute Gasteiger partial charge is 0.496 e. The van der Waals surface area contributed by atoms with E-state index in [4.69, 9.17) is 9.15 Å². The number of carbonyl (C=O) groups is 1. The minimum Gasteiger partial charge on any atom is -0.496 e. The van der Waals surface area contributed by atoms with Crippen molar-refractivity contribution in [3.63, 3.8) is 0 Å². The predicted octanol–water partition coefficient (Wildman–Crippen LogP) is 6.29. The molecule has 0 fully saturated rings. The van der Waals surface area contributed by atoms with Gasteiger partial charge in [0.1, 0.15) is 22.7 Å². The lowest BCUT2D eigenvalue weighted by atomic mass is 10.0. The molecule has 0 unspecified atom stereocenters. The number of benzene rings is 3. The maximum atomic E-state index is 11.4. The van der Waals surface area contributed by atoms with Gasteiger partial charge in [-0.05, 0) is 47.9 Å². The standard InChI is InChI=1S/C25H20O4/c1-16-13-24(28-2)21(25(26)27)14-19(16)12-9-17-7-10-18(11-8-17)23-15-20-5-3-4-6-22(20)29-23/h3-15H,1-2H3,(H,26,27). The number of hydrogen-bond donors (Lipinski definition) is 1. The first-order valence-corrected chi connectivity index (χ1v) is 9.24. The van der Waals surface area contributed by atoms with E-state index in [9.17, 15) is 9.90 Å². The molecular formula is C25H20O4. The lowest BCUT2D eigenvalue weighted by molar-refractivity contribution is 0.0693. The quantitative estimate of drug-likeness (QED) is 0.411. The summed E-state index contributed by atoms with van der Waals surface area (Å²) in [6.07, 6.45) is 3.88. The van der Waals surface area contributed by atoms with Crippen LogP contribution in [0.15, 0.2) is 71.1 Å². The van der Waals surface area contributed by atoms with Crippen LogP contribution in [0, 0.1) is 6.92 Å². The molecule has 4 aromatic rings. The van der Waals surface area contributed by atoms with Gasteiger partial charge in [0.25, 0.3) is 0 Å². The van der Waals surface area contributed by atoms with E-state index >= 15 is 0 Å². The topological polar surface area (TPSA) is 59.7 Å². The van der Waals surface area contributed by atoms with Crippen molar-refractivity contribution in [2.75, 3.05) is 7.11 Å². The smallest absolute Gasteiger partial charge is 0.339 e. The fraction of sp³-hybridized carbons (Fsp3) is 0.0800. The lowest BCUT2D eigenvalue weighted by Gasteiger charge is -2.09. The van der Waals surface area contributed by atoms with E-state index in [1.807, 2.05) is 73.7 Å². The zero-order chi connectivity index (χ0) is 20.4. The molecule has 0 aliphatic rings. The van der Waals surface area contributed by atoms with Gasteiger partial charge in [0.15, 0.2) is 0 Å². The van der Waals surface area contributed by atoms with Crippen molar-refractivity contribution in [3.8, 4) is 17.1 Å². The number of furan rings is 1. The number of fused-ring (bicyclic) bond motifs is 1. The number of aromatic carboxylic acids is 1. The van der Waals surface area contributed by atoms with Crippen LogP contribution < -0.4 is 4.74 Å². The Kier molecular flexibility index (Phi) is 4.92. The molecule has 3 aromatic carbocycles. The first kappa shape index (κ1) is 18.6. The average Bonchev–Trinajstić information content (AvgIpc) is 3.17. The second-order valence-electron chi connectivity index (χ2n) is 6.82. The second kappa shape index (κ2) is 7.68. The highest BCUT2D eigenvalue weighted by atomic mass is 16.5. The van der Waals surface area contributed by atoms with E-state index in [1.54, 1.807) is 12.1 Å². The van der Waals surface area contributed by atoms with Crippen LogP contribution in [-0.4, -0.2) is 18.2 Å². The van der Waals surface area contributed by atoms with E-state index < -0.39 is 5.97 Å². The van der Waals surface area contributed by atoms with Gasteiger partial charge in [0.2, 0.25) is 0 Å². The SMILES string of the molecule is COc1cc(C)c(C=Cc2ccc(-c3cc4ccccc4o3)cc2)cc1C(=O)O. The highest BCUT2D eigenvalue weighted by Gasteiger charge is 2.13. The van der Waals surface area contributed by atoms with E-state index in [0.717, 1.165) is 39.0 Å². The van der Waals surface area contributed by atoms with Crippen LogP contribution in [0.2, 0.25) is 0 Å². The summed E-state index contributed by atoms with van der Waals surface area (Å²) in [6, 6.07) is 21.4.